The van der Waals surface area contributed by atoms with E-state index in [2.05, 4.69) is 4.98 Å². The van der Waals surface area contributed by atoms with Gasteiger partial charge in [-0.05, 0) is 25.5 Å². The first-order valence-electron chi connectivity index (χ1n) is 6.44. The molecule has 0 saturated carbocycles. The van der Waals surface area contributed by atoms with Gasteiger partial charge in [-0.1, -0.05) is 13.0 Å². The summed E-state index contributed by atoms with van der Waals surface area (Å²) in [6.45, 7) is 4.09. The largest absolute Gasteiger partial charge is 0.478 e. The van der Waals surface area contributed by atoms with Gasteiger partial charge in [0.2, 0.25) is 0 Å². The summed E-state index contributed by atoms with van der Waals surface area (Å²) in [7, 11) is 0. The Bertz CT molecular complexity index is 604. The molecule has 2 N–H and O–H groups in total. The van der Waals surface area contributed by atoms with E-state index >= 15 is 0 Å². The zero-order chi connectivity index (χ0) is 14.0. The van der Waals surface area contributed by atoms with Crippen molar-refractivity contribution in [3.05, 3.63) is 29.6 Å². The Morgan fingerprint density at radius 3 is 2.79 bits per heavy atom. The number of aromatic nitrogens is 2. The molecule has 0 bridgehead atoms. The molecule has 1 aromatic heterocycles. The highest BCUT2D eigenvalue weighted by molar-refractivity contribution is 6.01. The van der Waals surface area contributed by atoms with Gasteiger partial charge in [0.25, 0.3) is 0 Å². The van der Waals surface area contributed by atoms with Crippen LogP contribution in [0.5, 0.6) is 0 Å². The molecule has 0 amide bonds. The fourth-order valence-corrected chi connectivity index (χ4v) is 2.39. The number of fused-ring (bicyclic) bond motifs is 1. The molecule has 0 aliphatic heterocycles. The van der Waals surface area contributed by atoms with Crippen LogP contribution in [0.25, 0.3) is 11.0 Å². The Labute approximate surface area is 111 Å². The van der Waals surface area contributed by atoms with Crippen LogP contribution in [0.4, 0.5) is 0 Å². The molecule has 2 aromatic rings. The van der Waals surface area contributed by atoms with Crippen LogP contribution in [0.15, 0.2) is 18.2 Å². The van der Waals surface area contributed by atoms with Gasteiger partial charge in [0.1, 0.15) is 11.3 Å². The Morgan fingerprint density at radius 1 is 1.47 bits per heavy atom. The third-order valence-corrected chi connectivity index (χ3v) is 3.33. The monoisotopic (exact) mass is 262 g/mol. The molecular weight excluding hydrogens is 244 g/mol. The lowest BCUT2D eigenvalue weighted by molar-refractivity contribution is 0.0699. The molecule has 2 rings (SSSR count). The zero-order valence-electron chi connectivity index (χ0n) is 11.1. The summed E-state index contributed by atoms with van der Waals surface area (Å²) >= 11 is 0. The van der Waals surface area contributed by atoms with E-state index in [-0.39, 0.29) is 18.2 Å². The van der Waals surface area contributed by atoms with Crippen LogP contribution in [0.2, 0.25) is 0 Å². The second kappa shape index (κ2) is 5.40. The number of aromatic carboxylic acids is 1. The molecule has 1 heterocycles. The van der Waals surface area contributed by atoms with Gasteiger partial charge in [-0.25, -0.2) is 9.78 Å². The van der Waals surface area contributed by atoms with Crippen molar-refractivity contribution in [2.75, 3.05) is 6.61 Å². The lowest BCUT2D eigenvalue weighted by Gasteiger charge is -2.16. The first kappa shape index (κ1) is 13.5. The highest BCUT2D eigenvalue weighted by Crippen LogP contribution is 2.25. The second-order valence-electron chi connectivity index (χ2n) is 4.59. The minimum Gasteiger partial charge on any atom is -0.478 e. The predicted molar refractivity (Wildman–Crippen MR) is 72.5 cm³/mol. The number of hydrogen-bond acceptors (Lipinski definition) is 3. The summed E-state index contributed by atoms with van der Waals surface area (Å²) in [4.78, 5) is 15.7. The van der Waals surface area contributed by atoms with Crippen LogP contribution >= 0.6 is 0 Å². The van der Waals surface area contributed by atoms with Crippen LogP contribution in [-0.2, 0) is 6.42 Å². The van der Waals surface area contributed by atoms with Crippen LogP contribution in [-0.4, -0.2) is 32.3 Å². The fraction of sp³-hybridized carbons (Fsp3) is 0.429. The number of nitrogens with zero attached hydrogens (tertiary/aromatic N) is 2. The normalized spacial score (nSPS) is 12.8. The molecule has 0 fully saturated rings. The van der Waals surface area contributed by atoms with Gasteiger partial charge in [0.05, 0.1) is 11.1 Å². The topological polar surface area (TPSA) is 75.3 Å². The smallest absolute Gasteiger partial charge is 0.337 e. The molecule has 5 heteroatoms. The van der Waals surface area contributed by atoms with Gasteiger partial charge in [-0.3, -0.25) is 0 Å². The first-order chi connectivity index (χ1) is 9.10. The average molecular weight is 262 g/mol. The number of imidazole rings is 1. The molecule has 0 aliphatic rings. The summed E-state index contributed by atoms with van der Waals surface area (Å²) in [5.74, 6) is -0.114. The zero-order valence-corrected chi connectivity index (χ0v) is 11.1. The van der Waals surface area contributed by atoms with Crippen LogP contribution in [0.3, 0.4) is 0 Å². The molecule has 0 aliphatic carbocycles. The Balaban J connectivity index is 2.68. The van der Waals surface area contributed by atoms with Crippen molar-refractivity contribution in [1.82, 2.24) is 9.55 Å². The number of aliphatic hydroxyl groups is 1. The molecule has 1 atom stereocenters. The maximum atomic E-state index is 11.2. The van der Waals surface area contributed by atoms with Gasteiger partial charge in [0, 0.05) is 19.1 Å². The first-order valence-corrected chi connectivity index (χ1v) is 6.44. The number of hydrogen-bond donors (Lipinski definition) is 2. The highest BCUT2D eigenvalue weighted by Gasteiger charge is 2.18. The van der Waals surface area contributed by atoms with Crippen LogP contribution in [0.1, 0.15) is 42.5 Å². The molecule has 0 radical (unpaired) electrons. The van der Waals surface area contributed by atoms with Crippen LogP contribution < -0.4 is 0 Å². The van der Waals surface area contributed by atoms with E-state index in [1.54, 1.807) is 12.1 Å². The van der Waals surface area contributed by atoms with E-state index in [1.165, 1.54) is 0 Å². The summed E-state index contributed by atoms with van der Waals surface area (Å²) in [5.41, 5.74) is 1.57. The minimum atomic E-state index is -0.965. The maximum Gasteiger partial charge on any atom is 0.337 e. The van der Waals surface area contributed by atoms with Crippen LogP contribution in [0, 0.1) is 0 Å². The summed E-state index contributed by atoms with van der Waals surface area (Å²) in [6.07, 6.45) is 1.35. The number of aliphatic hydroxyl groups excluding tert-OH is 1. The number of carboxylic acid groups (broad SMARTS) is 1. The lowest BCUT2D eigenvalue weighted by Crippen LogP contribution is -2.10. The molecule has 5 nitrogen and oxygen atoms in total. The van der Waals surface area contributed by atoms with Gasteiger partial charge in [-0.15, -0.1) is 0 Å². The fourth-order valence-electron chi connectivity index (χ4n) is 2.39. The number of benzene rings is 1. The van der Waals surface area contributed by atoms with Gasteiger partial charge < -0.3 is 14.8 Å². The third-order valence-electron chi connectivity index (χ3n) is 3.33. The van der Waals surface area contributed by atoms with E-state index in [0.29, 0.717) is 11.9 Å². The molecular formula is C14H18N2O3. The summed E-state index contributed by atoms with van der Waals surface area (Å²) in [6, 6.07) is 5.27. The average Bonchev–Trinajstić information content (AvgIpc) is 2.76. The Morgan fingerprint density at radius 2 is 2.21 bits per heavy atom. The SMILES string of the molecule is CCc1nc2c(C(=O)O)cccc2n1C(C)CCO. The summed E-state index contributed by atoms with van der Waals surface area (Å²) < 4.78 is 2.03. The van der Waals surface area contributed by atoms with E-state index in [1.807, 2.05) is 24.5 Å². The van der Waals surface area contributed by atoms with Crippen molar-refractivity contribution in [3.8, 4) is 0 Å². The maximum absolute atomic E-state index is 11.2. The highest BCUT2D eigenvalue weighted by atomic mass is 16.4. The Kier molecular flexibility index (Phi) is 3.85. The Hall–Kier alpha value is -1.88. The number of carboxylic acids is 1. The molecule has 0 saturated heterocycles. The molecule has 102 valence electrons. The van der Waals surface area contributed by atoms with Crippen molar-refractivity contribution >= 4 is 17.0 Å². The van der Waals surface area contributed by atoms with Crippen molar-refractivity contribution in [3.63, 3.8) is 0 Å². The lowest BCUT2D eigenvalue weighted by atomic mass is 10.1. The number of para-hydroxylation sites is 1. The van der Waals surface area contributed by atoms with E-state index in [9.17, 15) is 9.90 Å². The standard InChI is InChI=1S/C14H18N2O3/c1-3-12-15-13-10(14(18)19)5-4-6-11(13)16(12)9(2)7-8-17/h4-6,9,17H,3,7-8H2,1-2H3,(H,18,19). The minimum absolute atomic E-state index is 0.0917. The van der Waals surface area contributed by atoms with Crippen molar-refractivity contribution < 1.29 is 15.0 Å². The number of rotatable bonds is 5. The second-order valence-corrected chi connectivity index (χ2v) is 4.59. The van der Waals surface area contributed by atoms with Gasteiger partial charge in [-0.2, -0.15) is 0 Å². The number of carbonyl (C=O) groups is 1. The van der Waals surface area contributed by atoms with Crippen molar-refractivity contribution in [2.24, 2.45) is 0 Å². The quantitative estimate of drug-likeness (QED) is 0.866. The number of aryl methyl sites for hydroxylation is 1. The predicted octanol–water partition coefficient (Wildman–Crippen LogP) is 2.24. The van der Waals surface area contributed by atoms with E-state index in [4.69, 9.17) is 5.11 Å². The summed E-state index contributed by atoms with van der Waals surface area (Å²) in [5, 5.41) is 18.3. The van der Waals surface area contributed by atoms with Crippen molar-refractivity contribution in [1.29, 1.82) is 0 Å². The molecule has 0 spiro atoms. The van der Waals surface area contributed by atoms with E-state index < -0.39 is 5.97 Å². The molecule has 1 aromatic carbocycles. The molecule has 19 heavy (non-hydrogen) atoms. The van der Waals surface area contributed by atoms with Gasteiger partial charge >= 0.3 is 5.97 Å². The third kappa shape index (κ3) is 2.33. The van der Waals surface area contributed by atoms with Gasteiger partial charge in [0.15, 0.2) is 0 Å². The van der Waals surface area contributed by atoms with Crippen molar-refractivity contribution in [2.45, 2.75) is 32.7 Å². The molecule has 1 unspecified atom stereocenters. The van der Waals surface area contributed by atoms with E-state index in [0.717, 1.165) is 17.8 Å².